The Bertz CT molecular complexity index is 3130. The van der Waals surface area contributed by atoms with Crippen LogP contribution in [0.2, 0.25) is 0 Å². The van der Waals surface area contributed by atoms with E-state index in [0.29, 0.717) is 28.1 Å². The third-order valence-electron chi connectivity index (χ3n) is 9.16. The molecule has 3 heterocycles. The minimum atomic E-state index is -0.485. The van der Waals surface area contributed by atoms with Gasteiger partial charge in [-0.25, -0.2) is 15.0 Å². The molecule has 234 valence electrons. The third-order valence-corrected chi connectivity index (χ3v) is 9.16. The van der Waals surface area contributed by atoms with E-state index >= 15 is 0 Å². The van der Waals surface area contributed by atoms with Crippen molar-refractivity contribution in [2.24, 2.45) is 0 Å². The SMILES string of the molecule is [2H]c1c([2H])c([2H])c(-c2nc(-c3ccccc3)nc(-c3cccc4oc5c(-n6c7ccccc7c7ccc(-c8ccccc8)cc76)cccc5c34)n2)c([2H])c1[2H]. The van der Waals surface area contributed by atoms with Crippen LogP contribution in [-0.2, 0) is 0 Å². The maximum Gasteiger partial charge on any atom is 0.164 e. The van der Waals surface area contributed by atoms with E-state index < -0.39 is 18.1 Å². The zero-order valence-corrected chi connectivity index (χ0v) is 26.5. The Kier molecular flexibility index (Phi) is 5.35. The lowest BCUT2D eigenvalue weighted by atomic mass is 10.0. The first-order chi connectivity index (χ1) is 26.9. The van der Waals surface area contributed by atoms with Crippen molar-refractivity contribution in [3.63, 3.8) is 0 Å². The Morgan fingerprint density at radius 2 is 1.14 bits per heavy atom. The number of aromatic nitrogens is 4. The van der Waals surface area contributed by atoms with E-state index in [-0.39, 0.29) is 29.3 Å². The number of nitrogens with zero attached hydrogens (tertiary/aromatic N) is 4. The van der Waals surface area contributed by atoms with Gasteiger partial charge in [0.2, 0.25) is 0 Å². The van der Waals surface area contributed by atoms with Crippen LogP contribution >= 0.6 is 0 Å². The van der Waals surface area contributed by atoms with Crippen molar-refractivity contribution in [3.8, 4) is 51.0 Å². The summed E-state index contributed by atoms with van der Waals surface area (Å²) in [6.07, 6.45) is 0. The molecular weight excluding hydrogens is 613 g/mol. The largest absolute Gasteiger partial charge is 0.454 e. The zero-order chi connectivity index (χ0) is 37.4. The fraction of sp³-hybridized carbons (Fsp3) is 0. The molecule has 0 aliphatic heterocycles. The van der Waals surface area contributed by atoms with Crippen LogP contribution in [0, 0.1) is 0 Å². The van der Waals surface area contributed by atoms with E-state index in [1.807, 2.05) is 84.9 Å². The number of fused-ring (bicyclic) bond motifs is 6. The number of benzene rings is 7. The van der Waals surface area contributed by atoms with E-state index in [0.717, 1.165) is 49.4 Å². The molecule has 0 N–H and O–H groups in total. The van der Waals surface area contributed by atoms with Gasteiger partial charge < -0.3 is 8.98 Å². The summed E-state index contributed by atoms with van der Waals surface area (Å²) in [5.74, 6) is 0.557. The predicted octanol–water partition coefficient (Wildman–Crippen LogP) is 11.5. The van der Waals surface area contributed by atoms with Crippen molar-refractivity contribution in [3.05, 3.63) is 170 Å². The van der Waals surface area contributed by atoms with E-state index in [1.54, 1.807) is 0 Å². The van der Waals surface area contributed by atoms with Crippen LogP contribution in [0.25, 0.3) is 94.7 Å². The van der Waals surface area contributed by atoms with Crippen LogP contribution in [0.1, 0.15) is 6.85 Å². The standard InChI is InChI=1S/C45H28N4O/c1-4-14-29(15-5-1)32-26-27-34-33-20-10-11-23-37(33)49(39(34)28-32)38-24-12-21-35-41-36(22-13-25-40(41)50-42(35)38)45-47-43(30-16-6-2-7-17-30)46-44(48-45)31-18-8-3-9-19-31/h1-28H/i2D,6D,7D,16D,17D. The van der Waals surface area contributed by atoms with Crippen LogP contribution in [-0.4, -0.2) is 19.5 Å². The normalized spacial score (nSPS) is 13.0. The highest BCUT2D eigenvalue weighted by molar-refractivity contribution is 6.16. The van der Waals surface area contributed by atoms with Crippen LogP contribution in [0.4, 0.5) is 0 Å². The van der Waals surface area contributed by atoms with Crippen molar-refractivity contribution in [1.29, 1.82) is 0 Å². The summed E-state index contributed by atoms with van der Waals surface area (Å²) in [5, 5.41) is 3.88. The van der Waals surface area contributed by atoms with E-state index in [2.05, 4.69) is 64.1 Å². The summed E-state index contributed by atoms with van der Waals surface area (Å²) in [7, 11) is 0. The molecule has 10 rings (SSSR count). The Balaban J connectivity index is 1.24. The van der Waals surface area contributed by atoms with Crippen molar-refractivity contribution in [2.75, 3.05) is 0 Å². The molecule has 7 aromatic carbocycles. The molecule has 0 fully saturated rings. The summed E-state index contributed by atoms with van der Waals surface area (Å²) >= 11 is 0. The highest BCUT2D eigenvalue weighted by atomic mass is 16.3. The quantitative estimate of drug-likeness (QED) is 0.187. The maximum atomic E-state index is 8.72. The Morgan fingerprint density at radius 1 is 0.480 bits per heavy atom. The summed E-state index contributed by atoms with van der Waals surface area (Å²) in [6.45, 7) is 0. The van der Waals surface area contributed by atoms with Gasteiger partial charge in [0.05, 0.1) is 23.6 Å². The molecule has 0 amide bonds. The average molecular weight is 646 g/mol. The molecule has 0 radical (unpaired) electrons. The van der Waals surface area contributed by atoms with Gasteiger partial charge in [0, 0.05) is 38.2 Å². The van der Waals surface area contributed by atoms with Gasteiger partial charge in [0.1, 0.15) is 5.58 Å². The van der Waals surface area contributed by atoms with Gasteiger partial charge in [-0.1, -0.05) is 145 Å². The van der Waals surface area contributed by atoms with Crippen molar-refractivity contribution in [2.45, 2.75) is 0 Å². The molecule has 0 saturated carbocycles. The summed E-state index contributed by atoms with van der Waals surface area (Å²) in [5.41, 5.74) is 7.74. The average Bonchev–Trinajstić information content (AvgIpc) is 3.78. The minimum absolute atomic E-state index is 0.0224. The molecule has 0 unspecified atom stereocenters. The fourth-order valence-corrected chi connectivity index (χ4v) is 6.92. The number of furan rings is 1. The number of rotatable bonds is 5. The van der Waals surface area contributed by atoms with Crippen molar-refractivity contribution in [1.82, 2.24) is 19.5 Å². The summed E-state index contributed by atoms with van der Waals surface area (Å²) in [4.78, 5) is 14.4. The van der Waals surface area contributed by atoms with Crippen LogP contribution in [0.5, 0.6) is 0 Å². The fourth-order valence-electron chi connectivity index (χ4n) is 6.92. The van der Waals surface area contributed by atoms with Crippen LogP contribution in [0.3, 0.4) is 0 Å². The summed E-state index contributed by atoms with van der Waals surface area (Å²) in [6, 6.07) is 44.3. The predicted molar refractivity (Wildman–Crippen MR) is 203 cm³/mol. The van der Waals surface area contributed by atoms with Gasteiger partial charge >= 0.3 is 0 Å². The lowest BCUT2D eigenvalue weighted by Crippen LogP contribution is -2.00. The molecule has 10 aromatic rings. The molecule has 0 spiro atoms. The zero-order valence-electron chi connectivity index (χ0n) is 31.5. The molecule has 0 atom stereocenters. The van der Waals surface area contributed by atoms with Gasteiger partial charge in [0.15, 0.2) is 23.1 Å². The third kappa shape index (κ3) is 4.52. The molecule has 5 heteroatoms. The van der Waals surface area contributed by atoms with E-state index in [9.17, 15) is 0 Å². The monoisotopic (exact) mass is 645 g/mol. The van der Waals surface area contributed by atoms with Gasteiger partial charge in [-0.15, -0.1) is 0 Å². The van der Waals surface area contributed by atoms with Gasteiger partial charge in [-0.2, -0.15) is 0 Å². The van der Waals surface area contributed by atoms with Gasteiger partial charge in [-0.3, -0.25) is 0 Å². The number of para-hydroxylation sites is 2. The first kappa shape index (κ1) is 23.5. The first-order valence-corrected chi connectivity index (χ1v) is 16.3. The highest BCUT2D eigenvalue weighted by Gasteiger charge is 2.21. The molecular formula is C45H28N4O. The lowest BCUT2D eigenvalue weighted by molar-refractivity contribution is 0.666. The first-order valence-electron chi connectivity index (χ1n) is 18.8. The molecule has 3 aromatic heterocycles. The molecule has 0 aliphatic rings. The number of hydrogen-bond donors (Lipinski definition) is 0. The maximum absolute atomic E-state index is 8.72. The highest BCUT2D eigenvalue weighted by Crippen LogP contribution is 2.41. The van der Waals surface area contributed by atoms with Gasteiger partial charge in [0.25, 0.3) is 0 Å². The topological polar surface area (TPSA) is 56.7 Å². The number of hydrogen-bond acceptors (Lipinski definition) is 4. The van der Waals surface area contributed by atoms with Crippen molar-refractivity contribution >= 4 is 43.7 Å². The Labute approximate surface area is 294 Å². The lowest BCUT2D eigenvalue weighted by Gasteiger charge is -2.10. The Morgan fingerprint density at radius 3 is 1.96 bits per heavy atom. The van der Waals surface area contributed by atoms with Crippen molar-refractivity contribution < 1.29 is 11.3 Å². The smallest absolute Gasteiger partial charge is 0.164 e. The second kappa shape index (κ2) is 11.4. The second-order valence-corrected chi connectivity index (χ2v) is 12.1. The van der Waals surface area contributed by atoms with Gasteiger partial charge in [-0.05, 0) is 35.4 Å². The van der Waals surface area contributed by atoms with Crippen LogP contribution < -0.4 is 0 Å². The molecule has 0 bridgehead atoms. The molecule has 5 nitrogen and oxygen atoms in total. The van der Waals surface area contributed by atoms with Crippen LogP contribution in [0.15, 0.2) is 174 Å². The van der Waals surface area contributed by atoms with E-state index in [4.69, 9.17) is 21.2 Å². The Hall–Kier alpha value is -6.85. The summed E-state index contributed by atoms with van der Waals surface area (Å²) < 4.78 is 51.3. The minimum Gasteiger partial charge on any atom is -0.454 e. The van der Waals surface area contributed by atoms with E-state index in [1.165, 1.54) is 0 Å². The molecule has 0 saturated heterocycles. The second-order valence-electron chi connectivity index (χ2n) is 12.1. The molecule has 50 heavy (non-hydrogen) atoms. The molecule has 0 aliphatic carbocycles.